The Morgan fingerprint density at radius 3 is 2.81 bits per heavy atom. The van der Waals surface area contributed by atoms with Gasteiger partial charge in [0.05, 0.1) is 0 Å². The number of hydrogen-bond acceptors (Lipinski definition) is 2. The Hall–Kier alpha value is -0.760. The molecule has 1 fully saturated rings. The number of nitrogens with zero attached hydrogens (tertiary/aromatic N) is 1. The maximum absolute atomic E-state index is 4.02. The van der Waals surface area contributed by atoms with E-state index in [1.54, 1.807) is 0 Å². The Morgan fingerprint density at radius 2 is 2.25 bits per heavy atom. The molecule has 0 spiro atoms. The van der Waals surface area contributed by atoms with Gasteiger partial charge in [-0.15, -0.1) is 0 Å². The van der Waals surface area contributed by atoms with Gasteiger partial charge in [-0.05, 0) is 32.2 Å². The zero-order chi connectivity index (χ0) is 12.0. The zero-order valence-electron chi connectivity index (χ0n) is 11.0. The van der Waals surface area contributed by atoms with Gasteiger partial charge in [0.1, 0.15) is 0 Å². The monoisotopic (exact) mass is 222 g/mol. The van der Waals surface area contributed by atoms with Crippen molar-refractivity contribution in [2.75, 3.05) is 20.6 Å². The predicted octanol–water partition coefficient (Wildman–Crippen LogP) is 2.79. The highest BCUT2D eigenvalue weighted by molar-refractivity contribution is 4.98. The molecule has 16 heavy (non-hydrogen) atoms. The standard InChI is InChI=1S/C14H26N2/c1-5-6-7-13-8-9-14(16(4)11-13)10-12(2)15-3/h6-7,13-15H,2,5,8-11H2,1,3-4H3/b7-6+. The van der Waals surface area contributed by atoms with Crippen LogP contribution in [0.4, 0.5) is 0 Å². The number of piperidine rings is 1. The highest BCUT2D eigenvalue weighted by Gasteiger charge is 2.24. The molecule has 1 heterocycles. The van der Waals surface area contributed by atoms with E-state index in [1.807, 2.05) is 7.05 Å². The Labute approximate surface area is 100 Å². The molecule has 0 bridgehead atoms. The molecule has 1 saturated heterocycles. The van der Waals surface area contributed by atoms with Crippen LogP contribution in [-0.4, -0.2) is 31.6 Å². The molecule has 1 rings (SSSR count). The molecule has 0 aromatic heterocycles. The van der Waals surface area contributed by atoms with E-state index in [2.05, 4.69) is 42.9 Å². The van der Waals surface area contributed by atoms with Crippen molar-refractivity contribution >= 4 is 0 Å². The van der Waals surface area contributed by atoms with Crippen LogP contribution < -0.4 is 5.32 Å². The van der Waals surface area contributed by atoms with Crippen LogP contribution in [0.15, 0.2) is 24.4 Å². The molecule has 0 amide bonds. The highest BCUT2D eigenvalue weighted by atomic mass is 15.1. The van der Waals surface area contributed by atoms with E-state index in [0.29, 0.717) is 6.04 Å². The van der Waals surface area contributed by atoms with Crippen LogP contribution in [0.2, 0.25) is 0 Å². The Balaban J connectivity index is 2.39. The minimum absolute atomic E-state index is 0.672. The summed E-state index contributed by atoms with van der Waals surface area (Å²) in [5.74, 6) is 0.754. The second-order valence-corrected chi connectivity index (χ2v) is 4.82. The second kappa shape index (κ2) is 6.74. The van der Waals surface area contributed by atoms with Gasteiger partial charge in [0, 0.05) is 31.8 Å². The molecule has 1 aliphatic rings. The molecule has 1 N–H and O–H groups in total. The summed E-state index contributed by atoms with van der Waals surface area (Å²) in [5, 5.41) is 3.14. The fourth-order valence-corrected chi connectivity index (χ4v) is 2.37. The predicted molar refractivity (Wildman–Crippen MR) is 71.4 cm³/mol. The number of rotatable bonds is 5. The lowest BCUT2D eigenvalue weighted by Gasteiger charge is -2.36. The van der Waals surface area contributed by atoms with Crippen LogP contribution in [0, 0.1) is 5.92 Å². The first kappa shape index (κ1) is 13.3. The average Bonchev–Trinajstić information content (AvgIpc) is 2.29. The van der Waals surface area contributed by atoms with Gasteiger partial charge < -0.3 is 10.2 Å². The van der Waals surface area contributed by atoms with E-state index < -0.39 is 0 Å². The van der Waals surface area contributed by atoms with Crippen molar-refractivity contribution in [2.45, 2.75) is 38.6 Å². The molecule has 2 heteroatoms. The van der Waals surface area contributed by atoms with Crippen molar-refractivity contribution in [1.29, 1.82) is 0 Å². The van der Waals surface area contributed by atoms with Crippen molar-refractivity contribution in [3.63, 3.8) is 0 Å². The van der Waals surface area contributed by atoms with Gasteiger partial charge in [-0.3, -0.25) is 0 Å². The minimum atomic E-state index is 0.672. The van der Waals surface area contributed by atoms with Crippen molar-refractivity contribution in [2.24, 2.45) is 5.92 Å². The van der Waals surface area contributed by atoms with Gasteiger partial charge in [-0.1, -0.05) is 25.7 Å². The Morgan fingerprint density at radius 1 is 1.50 bits per heavy atom. The number of hydrogen-bond donors (Lipinski definition) is 1. The molecule has 92 valence electrons. The number of allylic oxidation sites excluding steroid dienone is 1. The maximum atomic E-state index is 4.02. The van der Waals surface area contributed by atoms with E-state index in [-0.39, 0.29) is 0 Å². The molecule has 0 saturated carbocycles. The van der Waals surface area contributed by atoms with E-state index in [1.165, 1.54) is 19.4 Å². The van der Waals surface area contributed by atoms with Crippen molar-refractivity contribution < 1.29 is 0 Å². The maximum Gasteiger partial charge on any atom is 0.0147 e. The quantitative estimate of drug-likeness (QED) is 0.720. The molecule has 0 aromatic rings. The van der Waals surface area contributed by atoms with E-state index in [4.69, 9.17) is 0 Å². The van der Waals surface area contributed by atoms with Gasteiger partial charge in [-0.25, -0.2) is 0 Å². The molecule has 1 aliphatic heterocycles. The molecule has 0 aliphatic carbocycles. The molecule has 2 nitrogen and oxygen atoms in total. The molecule has 2 atom stereocenters. The van der Waals surface area contributed by atoms with E-state index in [9.17, 15) is 0 Å². The summed E-state index contributed by atoms with van der Waals surface area (Å²) in [7, 11) is 4.19. The van der Waals surface area contributed by atoms with Gasteiger partial charge in [0.2, 0.25) is 0 Å². The van der Waals surface area contributed by atoms with Crippen LogP contribution in [0.1, 0.15) is 32.6 Å². The first-order valence-corrected chi connectivity index (χ1v) is 6.39. The van der Waals surface area contributed by atoms with Crippen LogP contribution in [0.5, 0.6) is 0 Å². The Kier molecular flexibility index (Phi) is 5.61. The van der Waals surface area contributed by atoms with Crippen LogP contribution in [0.25, 0.3) is 0 Å². The van der Waals surface area contributed by atoms with Gasteiger partial charge in [-0.2, -0.15) is 0 Å². The molecule has 2 unspecified atom stereocenters. The first-order valence-electron chi connectivity index (χ1n) is 6.39. The van der Waals surface area contributed by atoms with Gasteiger partial charge >= 0.3 is 0 Å². The summed E-state index contributed by atoms with van der Waals surface area (Å²) in [6, 6.07) is 0.672. The van der Waals surface area contributed by atoms with E-state index >= 15 is 0 Å². The Bertz CT molecular complexity index is 245. The summed E-state index contributed by atoms with van der Waals surface area (Å²) in [5.41, 5.74) is 1.15. The SMILES string of the molecule is C=C(CC1CCC(/C=C/CC)CN1C)NC. The zero-order valence-corrected chi connectivity index (χ0v) is 11.0. The summed E-state index contributed by atoms with van der Waals surface area (Å²) in [6.45, 7) is 7.41. The summed E-state index contributed by atoms with van der Waals surface area (Å²) >= 11 is 0. The largest absolute Gasteiger partial charge is 0.392 e. The van der Waals surface area contributed by atoms with Gasteiger partial charge in [0.15, 0.2) is 0 Å². The summed E-state index contributed by atoms with van der Waals surface area (Å²) in [4.78, 5) is 2.48. The number of likely N-dealkylation sites (tertiary alicyclic amines) is 1. The third kappa shape index (κ3) is 4.01. The smallest absolute Gasteiger partial charge is 0.0147 e. The fraction of sp³-hybridized carbons (Fsp3) is 0.714. The van der Waals surface area contributed by atoms with Crippen LogP contribution in [0.3, 0.4) is 0 Å². The molecule has 0 radical (unpaired) electrons. The minimum Gasteiger partial charge on any atom is -0.392 e. The normalized spacial score (nSPS) is 27.2. The van der Waals surface area contributed by atoms with Crippen LogP contribution >= 0.6 is 0 Å². The fourth-order valence-electron chi connectivity index (χ4n) is 2.37. The number of nitrogens with one attached hydrogen (secondary N) is 1. The lowest BCUT2D eigenvalue weighted by Crippen LogP contribution is -2.40. The molecule has 0 aromatic carbocycles. The molecular weight excluding hydrogens is 196 g/mol. The highest BCUT2D eigenvalue weighted by Crippen LogP contribution is 2.24. The summed E-state index contributed by atoms with van der Waals surface area (Å²) in [6.07, 6.45) is 9.53. The lowest BCUT2D eigenvalue weighted by molar-refractivity contribution is 0.155. The second-order valence-electron chi connectivity index (χ2n) is 4.82. The van der Waals surface area contributed by atoms with Crippen molar-refractivity contribution in [1.82, 2.24) is 10.2 Å². The van der Waals surface area contributed by atoms with Crippen molar-refractivity contribution in [3.8, 4) is 0 Å². The van der Waals surface area contributed by atoms with Crippen molar-refractivity contribution in [3.05, 3.63) is 24.4 Å². The summed E-state index contributed by atoms with van der Waals surface area (Å²) < 4.78 is 0. The topological polar surface area (TPSA) is 15.3 Å². The molecular formula is C14H26N2. The third-order valence-corrected chi connectivity index (χ3v) is 3.50. The lowest BCUT2D eigenvalue weighted by atomic mass is 9.90. The first-order chi connectivity index (χ1) is 7.67. The van der Waals surface area contributed by atoms with Gasteiger partial charge in [0.25, 0.3) is 0 Å². The van der Waals surface area contributed by atoms with E-state index in [0.717, 1.165) is 24.5 Å². The third-order valence-electron chi connectivity index (χ3n) is 3.50. The average molecular weight is 222 g/mol. The van der Waals surface area contributed by atoms with Crippen LogP contribution in [-0.2, 0) is 0 Å².